The van der Waals surface area contributed by atoms with Gasteiger partial charge in [0.25, 0.3) is 5.91 Å². The number of fused-ring (bicyclic) bond motifs is 1. The highest BCUT2D eigenvalue weighted by Gasteiger charge is 2.19. The van der Waals surface area contributed by atoms with Crippen LogP contribution in [-0.4, -0.2) is 24.7 Å². The Morgan fingerprint density at radius 1 is 1.28 bits per heavy atom. The first kappa shape index (κ1) is 17.4. The molecule has 0 bridgehead atoms. The molecule has 1 heterocycles. The SMILES string of the molecule is CCC(NC(=O)c1ccc2c(c1)NC(=O)CS2)c1ccc(OC)cc1. The molecule has 0 aliphatic carbocycles. The Morgan fingerprint density at radius 2 is 2.04 bits per heavy atom. The molecule has 1 aliphatic rings. The smallest absolute Gasteiger partial charge is 0.251 e. The van der Waals surface area contributed by atoms with Gasteiger partial charge in [0.05, 0.1) is 24.6 Å². The van der Waals surface area contributed by atoms with E-state index in [1.54, 1.807) is 19.2 Å². The molecule has 3 rings (SSSR count). The second-order valence-corrected chi connectivity index (χ2v) is 6.77. The molecular weight excluding hydrogens is 336 g/mol. The third kappa shape index (κ3) is 3.96. The number of methoxy groups -OCH3 is 1. The molecule has 1 atom stereocenters. The molecule has 6 heteroatoms. The van der Waals surface area contributed by atoms with Gasteiger partial charge in [-0.2, -0.15) is 0 Å². The van der Waals surface area contributed by atoms with Crippen molar-refractivity contribution in [1.82, 2.24) is 5.32 Å². The van der Waals surface area contributed by atoms with Gasteiger partial charge in [0, 0.05) is 10.5 Å². The zero-order valence-corrected chi connectivity index (χ0v) is 15.0. The number of thioether (sulfide) groups is 1. The molecule has 2 aromatic rings. The minimum absolute atomic E-state index is 0.0419. The van der Waals surface area contributed by atoms with Crippen LogP contribution in [0.3, 0.4) is 0 Å². The highest BCUT2D eigenvalue weighted by Crippen LogP contribution is 2.32. The van der Waals surface area contributed by atoms with Gasteiger partial charge in [-0.3, -0.25) is 9.59 Å². The minimum Gasteiger partial charge on any atom is -0.497 e. The van der Waals surface area contributed by atoms with Gasteiger partial charge < -0.3 is 15.4 Å². The van der Waals surface area contributed by atoms with Crippen molar-refractivity contribution >= 4 is 29.3 Å². The molecule has 5 nitrogen and oxygen atoms in total. The average molecular weight is 356 g/mol. The summed E-state index contributed by atoms with van der Waals surface area (Å²) in [4.78, 5) is 25.1. The third-order valence-corrected chi connectivity index (χ3v) is 5.18. The lowest BCUT2D eigenvalue weighted by atomic mass is 10.0. The summed E-state index contributed by atoms with van der Waals surface area (Å²) >= 11 is 1.48. The molecular formula is C19H20N2O3S. The average Bonchev–Trinajstić information content (AvgIpc) is 2.65. The van der Waals surface area contributed by atoms with Gasteiger partial charge >= 0.3 is 0 Å². The molecule has 2 N–H and O–H groups in total. The van der Waals surface area contributed by atoms with Crippen LogP contribution < -0.4 is 15.4 Å². The van der Waals surface area contributed by atoms with Crippen LogP contribution in [0.15, 0.2) is 47.4 Å². The molecule has 1 aliphatic heterocycles. The van der Waals surface area contributed by atoms with Crippen LogP contribution in [-0.2, 0) is 4.79 Å². The number of hydrogen-bond acceptors (Lipinski definition) is 4. The highest BCUT2D eigenvalue weighted by atomic mass is 32.2. The van der Waals surface area contributed by atoms with Crippen molar-refractivity contribution in [1.29, 1.82) is 0 Å². The quantitative estimate of drug-likeness (QED) is 0.859. The van der Waals surface area contributed by atoms with E-state index in [1.165, 1.54) is 11.8 Å². The molecule has 0 fully saturated rings. The standard InChI is InChI=1S/C19H20N2O3S/c1-3-15(12-4-7-14(24-2)8-5-12)21-19(23)13-6-9-17-16(10-13)20-18(22)11-25-17/h4-10,15H,3,11H2,1-2H3,(H,20,22)(H,21,23). The van der Waals surface area contributed by atoms with E-state index in [2.05, 4.69) is 10.6 Å². The predicted octanol–water partition coefficient (Wildman–Crippen LogP) is 3.62. The van der Waals surface area contributed by atoms with Crippen molar-refractivity contribution in [3.8, 4) is 5.75 Å². The second-order valence-electron chi connectivity index (χ2n) is 5.76. The van der Waals surface area contributed by atoms with E-state index in [0.29, 0.717) is 17.0 Å². The molecule has 130 valence electrons. The summed E-state index contributed by atoms with van der Waals surface area (Å²) < 4.78 is 5.17. The summed E-state index contributed by atoms with van der Waals surface area (Å²) in [7, 11) is 1.63. The van der Waals surface area contributed by atoms with E-state index in [9.17, 15) is 9.59 Å². The van der Waals surface area contributed by atoms with E-state index in [4.69, 9.17) is 4.74 Å². The summed E-state index contributed by atoms with van der Waals surface area (Å²) in [6.45, 7) is 2.03. The fraction of sp³-hybridized carbons (Fsp3) is 0.263. The lowest BCUT2D eigenvalue weighted by Crippen LogP contribution is -2.28. The minimum atomic E-state index is -0.157. The maximum Gasteiger partial charge on any atom is 0.251 e. The lowest BCUT2D eigenvalue weighted by Gasteiger charge is -2.20. The van der Waals surface area contributed by atoms with Gasteiger partial charge in [0.1, 0.15) is 5.75 Å². The number of anilines is 1. The molecule has 0 saturated heterocycles. The highest BCUT2D eigenvalue weighted by molar-refractivity contribution is 8.00. The van der Waals surface area contributed by atoms with Crippen molar-refractivity contribution in [3.63, 3.8) is 0 Å². The summed E-state index contributed by atoms with van der Waals surface area (Å²) in [6, 6.07) is 13.0. The van der Waals surface area contributed by atoms with E-state index < -0.39 is 0 Å². The Balaban J connectivity index is 1.75. The van der Waals surface area contributed by atoms with E-state index in [0.717, 1.165) is 22.6 Å². The van der Waals surface area contributed by atoms with E-state index in [1.807, 2.05) is 37.3 Å². The summed E-state index contributed by atoms with van der Waals surface area (Å²) in [6.07, 6.45) is 0.773. The van der Waals surface area contributed by atoms with Gasteiger partial charge in [-0.1, -0.05) is 19.1 Å². The number of ether oxygens (including phenoxy) is 1. The van der Waals surface area contributed by atoms with Crippen molar-refractivity contribution in [2.24, 2.45) is 0 Å². The Kier molecular flexibility index (Phi) is 5.28. The number of rotatable bonds is 5. The second kappa shape index (κ2) is 7.61. The zero-order chi connectivity index (χ0) is 17.8. The first-order chi connectivity index (χ1) is 12.1. The monoisotopic (exact) mass is 356 g/mol. The van der Waals surface area contributed by atoms with Crippen molar-refractivity contribution in [3.05, 3.63) is 53.6 Å². The molecule has 0 saturated carbocycles. The molecule has 25 heavy (non-hydrogen) atoms. The maximum absolute atomic E-state index is 12.6. The lowest BCUT2D eigenvalue weighted by molar-refractivity contribution is -0.113. The third-order valence-electron chi connectivity index (χ3n) is 4.11. The number of benzene rings is 2. The molecule has 2 amide bonds. The van der Waals surface area contributed by atoms with Crippen molar-refractivity contribution < 1.29 is 14.3 Å². The van der Waals surface area contributed by atoms with Crippen LogP contribution in [0.5, 0.6) is 5.75 Å². The van der Waals surface area contributed by atoms with Gasteiger partial charge in [0.2, 0.25) is 5.91 Å². The number of nitrogens with one attached hydrogen (secondary N) is 2. The molecule has 1 unspecified atom stereocenters. The van der Waals surface area contributed by atoms with Crippen molar-refractivity contribution in [2.75, 3.05) is 18.2 Å². The van der Waals surface area contributed by atoms with E-state index >= 15 is 0 Å². The van der Waals surface area contributed by atoms with Gasteiger partial charge in [-0.25, -0.2) is 0 Å². The zero-order valence-electron chi connectivity index (χ0n) is 14.2. The Labute approximate surface area is 151 Å². The van der Waals surface area contributed by atoms with Gasteiger partial charge in [0.15, 0.2) is 0 Å². The fourth-order valence-electron chi connectivity index (χ4n) is 2.72. The van der Waals surface area contributed by atoms with Crippen LogP contribution in [0, 0.1) is 0 Å². The molecule has 2 aromatic carbocycles. The van der Waals surface area contributed by atoms with Crippen LogP contribution in [0.2, 0.25) is 0 Å². The summed E-state index contributed by atoms with van der Waals surface area (Å²) in [5.74, 6) is 0.997. The maximum atomic E-state index is 12.6. The number of carbonyl (C=O) groups excluding carboxylic acids is 2. The first-order valence-corrected chi connectivity index (χ1v) is 9.10. The number of hydrogen-bond donors (Lipinski definition) is 2. The van der Waals surface area contributed by atoms with E-state index in [-0.39, 0.29) is 17.9 Å². The normalized spacial score (nSPS) is 14.2. The molecule has 0 radical (unpaired) electrons. The topological polar surface area (TPSA) is 67.4 Å². The van der Waals surface area contributed by atoms with Crippen LogP contribution in [0.1, 0.15) is 35.3 Å². The van der Waals surface area contributed by atoms with Gasteiger partial charge in [-0.05, 0) is 42.3 Å². The van der Waals surface area contributed by atoms with Crippen molar-refractivity contribution in [2.45, 2.75) is 24.3 Å². The predicted molar refractivity (Wildman–Crippen MR) is 99.3 cm³/mol. The molecule has 0 spiro atoms. The van der Waals surface area contributed by atoms with Crippen LogP contribution >= 0.6 is 11.8 Å². The Bertz CT molecular complexity index is 790. The Hall–Kier alpha value is -2.47. The fourth-order valence-corrected chi connectivity index (χ4v) is 3.51. The summed E-state index contributed by atoms with van der Waals surface area (Å²) in [5.41, 5.74) is 2.26. The van der Waals surface area contributed by atoms with Crippen LogP contribution in [0.4, 0.5) is 5.69 Å². The molecule has 0 aromatic heterocycles. The Morgan fingerprint density at radius 3 is 2.72 bits per heavy atom. The largest absolute Gasteiger partial charge is 0.497 e. The summed E-state index contributed by atoms with van der Waals surface area (Å²) in [5, 5.41) is 5.87. The van der Waals surface area contributed by atoms with Crippen LogP contribution in [0.25, 0.3) is 0 Å². The number of amides is 2. The van der Waals surface area contributed by atoms with Gasteiger partial charge in [-0.15, -0.1) is 11.8 Å². The number of carbonyl (C=O) groups is 2. The first-order valence-electron chi connectivity index (χ1n) is 8.12.